The maximum absolute atomic E-state index is 10.7. The van der Waals surface area contributed by atoms with Gasteiger partial charge in [-0.05, 0) is 108 Å². The van der Waals surface area contributed by atoms with Crippen molar-refractivity contribution < 1.29 is 10.2 Å². The van der Waals surface area contributed by atoms with Crippen molar-refractivity contribution in [2.24, 2.45) is 44.8 Å². The lowest BCUT2D eigenvalue weighted by molar-refractivity contribution is -0.167. The minimum Gasteiger partial charge on any atom is -0.390 e. The van der Waals surface area contributed by atoms with Crippen LogP contribution in [0.1, 0.15) is 99.3 Å². The van der Waals surface area contributed by atoms with Crippen LogP contribution in [0, 0.1) is 44.8 Å². The Labute approximate surface area is 190 Å². The number of aliphatic hydroxyl groups excluding tert-OH is 2. The Balaban J connectivity index is 1.58. The Hall–Kier alpha value is -0.600. The molecule has 31 heavy (non-hydrogen) atoms. The SMILES string of the molecule is C=C1C(O)C(O)CC2(C)C1CCC1(C)C2CC=C2C3CC(C)(C)CCC3(C)CCC21C. The normalized spacial score (nSPS) is 55.9. The first kappa shape index (κ1) is 22.2. The van der Waals surface area contributed by atoms with E-state index in [4.69, 9.17) is 0 Å². The number of hydrogen-bond donors (Lipinski definition) is 2. The van der Waals surface area contributed by atoms with Gasteiger partial charge in [0.25, 0.3) is 0 Å². The Morgan fingerprint density at radius 2 is 1.55 bits per heavy atom. The molecular formula is C29H46O2. The highest BCUT2D eigenvalue weighted by Crippen LogP contribution is 2.74. The summed E-state index contributed by atoms with van der Waals surface area (Å²) < 4.78 is 0. The quantitative estimate of drug-likeness (QED) is 0.425. The molecule has 9 atom stereocenters. The van der Waals surface area contributed by atoms with E-state index in [0.29, 0.717) is 29.1 Å². The molecule has 5 aliphatic carbocycles. The summed E-state index contributed by atoms with van der Waals surface area (Å²) in [4.78, 5) is 0. The van der Waals surface area contributed by atoms with Gasteiger partial charge in [0.15, 0.2) is 0 Å². The van der Waals surface area contributed by atoms with Crippen molar-refractivity contribution in [2.75, 3.05) is 0 Å². The van der Waals surface area contributed by atoms with E-state index in [1.54, 1.807) is 5.57 Å². The van der Waals surface area contributed by atoms with E-state index in [1.165, 1.54) is 38.5 Å². The molecule has 0 aromatic heterocycles. The predicted octanol–water partition coefficient (Wildman–Crippen LogP) is 6.67. The fourth-order valence-electron chi connectivity index (χ4n) is 9.79. The molecule has 5 rings (SSSR count). The average Bonchev–Trinajstić information content (AvgIpc) is 2.68. The summed E-state index contributed by atoms with van der Waals surface area (Å²) in [6.07, 6.45) is 12.2. The Bertz CT molecular complexity index is 825. The average molecular weight is 427 g/mol. The van der Waals surface area contributed by atoms with E-state index in [-0.39, 0.29) is 16.2 Å². The number of hydrogen-bond acceptors (Lipinski definition) is 2. The van der Waals surface area contributed by atoms with Crippen molar-refractivity contribution in [3.05, 3.63) is 23.8 Å². The second-order valence-electron chi connectivity index (χ2n) is 14.2. The van der Waals surface area contributed by atoms with Crippen molar-refractivity contribution in [3.8, 4) is 0 Å². The van der Waals surface area contributed by atoms with E-state index in [0.717, 1.165) is 24.3 Å². The first-order valence-corrected chi connectivity index (χ1v) is 13.0. The Morgan fingerprint density at radius 1 is 0.871 bits per heavy atom. The lowest BCUT2D eigenvalue weighted by Crippen LogP contribution is -2.63. The van der Waals surface area contributed by atoms with Crippen LogP contribution >= 0.6 is 0 Å². The highest BCUT2D eigenvalue weighted by Gasteiger charge is 2.66. The van der Waals surface area contributed by atoms with E-state index in [2.05, 4.69) is 54.2 Å². The lowest BCUT2D eigenvalue weighted by atomic mass is 9.35. The van der Waals surface area contributed by atoms with Crippen LogP contribution in [0.4, 0.5) is 0 Å². The summed E-state index contributed by atoms with van der Waals surface area (Å²) in [6.45, 7) is 19.5. The zero-order valence-corrected chi connectivity index (χ0v) is 20.9. The molecule has 0 aliphatic heterocycles. The van der Waals surface area contributed by atoms with Crippen LogP contribution in [0.15, 0.2) is 23.8 Å². The first-order valence-electron chi connectivity index (χ1n) is 13.0. The van der Waals surface area contributed by atoms with Gasteiger partial charge in [-0.2, -0.15) is 0 Å². The zero-order valence-electron chi connectivity index (χ0n) is 20.9. The molecule has 0 radical (unpaired) electrons. The van der Waals surface area contributed by atoms with Crippen molar-refractivity contribution in [1.29, 1.82) is 0 Å². The van der Waals surface area contributed by atoms with Gasteiger partial charge >= 0.3 is 0 Å². The molecule has 0 aromatic carbocycles. The van der Waals surface area contributed by atoms with Crippen LogP contribution in [0.3, 0.4) is 0 Å². The van der Waals surface area contributed by atoms with Gasteiger partial charge in [0.1, 0.15) is 6.10 Å². The van der Waals surface area contributed by atoms with Crippen LogP contribution in [0.2, 0.25) is 0 Å². The summed E-state index contributed by atoms with van der Waals surface area (Å²) >= 11 is 0. The fourth-order valence-corrected chi connectivity index (χ4v) is 9.79. The molecule has 9 unspecified atom stereocenters. The molecule has 174 valence electrons. The van der Waals surface area contributed by atoms with Crippen molar-refractivity contribution in [3.63, 3.8) is 0 Å². The first-order chi connectivity index (χ1) is 14.3. The molecule has 0 bridgehead atoms. The Kier molecular flexibility index (Phi) is 4.66. The topological polar surface area (TPSA) is 40.5 Å². The Morgan fingerprint density at radius 3 is 2.26 bits per heavy atom. The summed E-state index contributed by atoms with van der Waals surface area (Å²) in [6, 6.07) is 0. The molecule has 2 nitrogen and oxygen atoms in total. The van der Waals surface area contributed by atoms with Gasteiger partial charge in [0.05, 0.1) is 6.10 Å². The largest absolute Gasteiger partial charge is 0.390 e. The maximum Gasteiger partial charge on any atom is 0.101 e. The predicted molar refractivity (Wildman–Crippen MR) is 127 cm³/mol. The molecule has 2 heteroatoms. The highest BCUT2D eigenvalue weighted by molar-refractivity contribution is 5.34. The number of rotatable bonds is 0. The van der Waals surface area contributed by atoms with Gasteiger partial charge < -0.3 is 10.2 Å². The van der Waals surface area contributed by atoms with E-state index < -0.39 is 12.2 Å². The molecule has 4 saturated carbocycles. The van der Waals surface area contributed by atoms with Gasteiger partial charge in [-0.3, -0.25) is 0 Å². The summed E-state index contributed by atoms with van der Waals surface area (Å²) in [5, 5.41) is 21.3. The molecule has 2 N–H and O–H groups in total. The second kappa shape index (κ2) is 6.50. The third kappa shape index (κ3) is 2.76. The number of aliphatic hydroxyl groups is 2. The third-order valence-corrected chi connectivity index (χ3v) is 12.2. The molecular weight excluding hydrogens is 380 g/mol. The second-order valence-corrected chi connectivity index (χ2v) is 14.2. The summed E-state index contributed by atoms with van der Waals surface area (Å²) in [5.41, 5.74) is 4.16. The molecule has 4 fully saturated rings. The minimum atomic E-state index is -0.743. The smallest absolute Gasteiger partial charge is 0.101 e. The van der Waals surface area contributed by atoms with Crippen LogP contribution < -0.4 is 0 Å². The highest BCUT2D eigenvalue weighted by atomic mass is 16.3. The van der Waals surface area contributed by atoms with Crippen molar-refractivity contribution in [2.45, 2.75) is 112 Å². The van der Waals surface area contributed by atoms with Crippen molar-refractivity contribution >= 4 is 0 Å². The van der Waals surface area contributed by atoms with E-state index >= 15 is 0 Å². The molecule has 5 aliphatic rings. The maximum atomic E-state index is 10.7. The van der Waals surface area contributed by atoms with Crippen molar-refractivity contribution in [1.82, 2.24) is 0 Å². The van der Waals surface area contributed by atoms with Gasteiger partial charge in [0, 0.05) is 0 Å². The molecule has 0 spiro atoms. The van der Waals surface area contributed by atoms with Gasteiger partial charge in [-0.25, -0.2) is 0 Å². The van der Waals surface area contributed by atoms with Crippen LogP contribution in [-0.2, 0) is 0 Å². The number of allylic oxidation sites excluding steroid dienone is 2. The lowest BCUT2D eigenvalue weighted by Gasteiger charge is -2.70. The molecule has 0 saturated heterocycles. The monoisotopic (exact) mass is 426 g/mol. The standard InChI is InChI=1S/C29H46O2/c1-18-19-10-11-29(7)23(27(19,5)17-22(30)24(18)31)9-8-20-21-16-25(2,3)12-13-26(21,4)14-15-28(20,29)6/h8,19,21-24,30-31H,1,9-17H2,2-7H3. The van der Waals surface area contributed by atoms with E-state index in [1.807, 2.05) is 0 Å². The van der Waals surface area contributed by atoms with Crippen LogP contribution in [-0.4, -0.2) is 22.4 Å². The fraction of sp³-hybridized carbons (Fsp3) is 0.862. The minimum absolute atomic E-state index is 0.0281. The van der Waals surface area contributed by atoms with Crippen LogP contribution in [0.25, 0.3) is 0 Å². The summed E-state index contributed by atoms with van der Waals surface area (Å²) in [7, 11) is 0. The van der Waals surface area contributed by atoms with Gasteiger partial charge in [0.2, 0.25) is 0 Å². The van der Waals surface area contributed by atoms with Crippen LogP contribution in [0.5, 0.6) is 0 Å². The van der Waals surface area contributed by atoms with E-state index in [9.17, 15) is 10.2 Å². The van der Waals surface area contributed by atoms with Gasteiger partial charge in [-0.1, -0.05) is 59.8 Å². The zero-order chi connectivity index (χ0) is 22.6. The number of fused-ring (bicyclic) bond motifs is 7. The third-order valence-electron chi connectivity index (χ3n) is 12.2. The summed E-state index contributed by atoms with van der Waals surface area (Å²) in [5.74, 6) is 1.62. The molecule has 0 aromatic rings. The van der Waals surface area contributed by atoms with Gasteiger partial charge in [-0.15, -0.1) is 0 Å². The molecule has 0 amide bonds. The molecule has 0 heterocycles.